The first-order valence-corrected chi connectivity index (χ1v) is 10.1. The van der Waals surface area contributed by atoms with Crippen LogP contribution in [-0.2, 0) is 12.8 Å². The molecule has 140 valence electrons. The summed E-state index contributed by atoms with van der Waals surface area (Å²) in [5, 5.41) is 18.2. The van der Waals surface area contributed by atoms with Gasteiger partial charge in [-0.05, 0) is 30.9 Å². The topological polar surface area (TPSA) is 75.3 Å². The molecule has 0 aliphatic carbocycles. The third-order valence-electron chi connectivity index (χ3n) is 4.65. The Balaban J connectivity index is 1.85. The summed E-state index contributed by atoms with van der Waals surface area (Å²) in [4.78, 5) is 12.0. The normalized spacial score (nSPS) is 11.5. The van der Waals surface area contributed by atoms with E-state index in [4.69, 9.17) is 20.2 Å². The molecule has 4 rings (SSSR count). The van der Waals surface area contributed by atoms with E-state index in [-0.39, 0.29) is 6.61 Å². The predicted octanol–water partition coefficient (Wildman–Crippen LogP) is 3.59. The minimum absolute atomic E-state index is 0.146. The number of nitrogens with one attached hydrogen (secondary N) is 1. The molecular weight excluding hydrogens is 358 g/mol. The maximum absolute atomic E-state index is 9.08. The Morgan fingerprint density at radius 3 is 2.74 bits per heavy atom. The van der Waals surface area contributed by atoms with Crippen LogP contribution in [0, 0.1) is 6.92 Å². The number of aliphatic hydroxyl groups excluding tert-OH is 1. The molecule has 0 aliphatic heterocycles. The molecule has 0 bridgehead atoms. The van der Waals surface area contributed by atoms with Gasteiger partial charge in [0.15, 0.2) is 11.5 Å². The van der Waals surface area contributed by atoms with E-state index in [9.17, 15) is 0 Å². The van der Waals surface area contributed by atoms with Gasteiger partial charge in [-0.3, -0.25) is 0 Å². The van der Waals surface area contributed by atoms with Crippen LogP contribution in [0.5, 0.6) is 0 Å². The van der Waals surface area contributed by atoms with Crippen molar-refractivity contribution in [3.05, 3.63) is 52.2 Å². The van der Waals surface area contributed by atoms with Gasteiger partial charge < -0.3 is 10.4 Å². The van der Waals surface area contributed by atoms with Crippen molar-refractivity contribution in [2.75, 3.05) is 18.5 Å². The second-order valence-electron chi connectivity index (χ2n) is 6.54. The van der Waals surface area contributed by atoms with E-state index in [1.54, 1.807) is 11.3 Å². The van der Waals surface area contributed by atoms with Gasteiger partial charge in [0.1, 0.15) is 4.83 Å². The van der Waals surface area contributed by atoms with Crippen LogP contribution < -0.4 is 5.32 Å². The molecular formula is C20H23N5OS. The van der Waals surface area contributed by atoms with Gasteiger partial charge in [-0.15, -0.1) is 16.4 Å². The molecule has 0 amide bonds. The number of fused-ring (bicyclic) bond motifs is 3. The standard InChI is InChI=1S/C20H23N5OS/c1-3-15-13(2)27-19-17(15)18-22-16(12-14-8-5-4-6-9-14)24-25(18)20(23-19)21-10-7-11-26/h4-6,8-9,26H,3,7,10-12H2,1-2H3,(H,21,23). The van der Waals surface area contributed by atoms with E-state index in [2.05, 4.69) is 31.3 Å². The van der Waals surface area contributed by atoms with Crippen LogP contribution in [0.15, 0.2) is 30.3 Å². The number of nitrogens with zero attached hydrogens (tertiary/aromatic N) is 4. The molecule has 0 radical (unpaired) electrons. The zero-order chi connectivity index (χ0) is 18.8. The summed E-state index contributed by atoms with van der Waals surface area (Å²) in [6.45, 7) is 5.09. The lowest BCUT2D eigenvalue weighted by Gasteiger charge is -2.07. The van der Waals surface area contributed by atoms with Gasteiger partial charge in [0.2, 0.25) is 5.95 Å². The molecule has 2 N–H and O–H groups in total. The molecule has 27 heavy (non-hydrogen) atoms. The Hall–Kier alpha value is -2.51. The maximum atomic E-state index is 9.08. The third-order valence-corrected chi connectivity index (χ3v) is 5.69. The number of aryl methyl sites for hydroxylation is 2. The maximum Gasteiger partial charge on any atom is 0.227 e. The lowest BCUT2D eigenvalue weighted by Crippen LogP contribution is -2.10. The highest BCUT2D eigenvalue weighted by atomic mass is 32.1. The summed E-state index contributed by atoms with van der Waals surface area (Å²) < 4.78 is 1.82. The molecule has 0 unspecified atom stereocenters. The molecule has 0 saturated heterocycles. The van der Waals surface area contributed by atoms with Gasteiger partial charge in [-0.25, -0.2) is 9.97 Å². The number of rotatable bonds is 7. The van der Waals surface area contributed by atoms with E-state index >= 15 is 0 Å². The molecule has 7 heteroatoms. The van der Waals surface area contributed by atoms with Crippen LogP contribution in [0.2, 0.25) is 0 Å². The van der Waals surface area contributed by atoms with Crippen LogP contribution in [0.3, 0.4) is 0 Å². The first kappa shape index (κ1) is 17.9. The number of hydrogen-bond donors (Lipinski definition) is 2. The number of hydrogen-bond acceptors (Lipinski definition) is 6. The van der Waals surface area contributed by atoms with E-state index in [0.29, 0.717) is 25.3 Å². The highest BCUT2D eigenvalue weighted by Gasteiger charge is 2.19. The molecule has 0 saturated carbocycles. The number of aromatic nitrogens is 4. The molecule has 0 atom stereocenters. The Bertz CT molecular complexity index is 1070. The molecule has 0 fully saturated rings. The van der Waals surface area contributed by atoms with Crippen molar-refractivity contribution in [3.8, 4) is 0 Å². The summed E-state index contributed by atoms with van der Waals surface area (Å²) >= 11 is 1.70. The van der Waals surface area contributed by atoms with Crippen molar-refractivity contribution in [3.63, 3.8) is 0 Å². The average molecular weight is 382 g/mol. The van der Waals surface area contributed by atoms with Gasteiger partial charge in [0.25, 0.3) is 0 Å². The zero-order valence-corrected chi connectivity index (χ0v) is 16.4. The molecule has 1 aromatic carbocycles. The molecule has 0 aliphatic rings. The van der Waals surface area contributed by atoms with Crippen molar-refractivity contribution in [2.45, 2.75) is 33.1 Å². The highest BCUT2D eigenvalue weighted by Crippen LogP contribution is 2.33. The van der Waals surface area contributed by atoms with E-state index in [1.807, 2.05) is 22.7 Å². The van der Waals surface area contributed by atoms with Crippen molar-refractivity contribution in [1.82, 2.24) is 19.6 Å². The smallest absolute Gasteiger partial charge is 0.227 e. The summed E-state index contributed by atoms with van der Waals surface area (Å²) in [7, 11) is 0. The summed E-state index contributed by atoms with van der Waals surface area (Å²) in [5.41, 5.74) is 3.34. The van der Waals surface area contributed by atoms with E-state index < -0.39 is 0 Å². The molecule has 4 aromatic rings. The van der Waals surface area contributed by atoms with Crippen molar-refractivity contribution in [2.24, 2.45) is 0 Å². The molecule has 6 nitrogen and oxygen atoms in total. The SMILES string of the molecule is CCc1c(C)sc2nc(NCCCO)n3nc(Cc4ccccc4)nc3c12. The van der Waals surface area contributed by atoms with Gasteiger partial charge >= 0.3 is 0 Å². The van der Waals surface area contributed by atoms with Crippen LogP contribution in [-0.4, -0.2) is 37.8 Å². The fraction of sp³-hybridized carbons (Fsp3) is 0.350. The van der Waals surface area contributed by atoms with E-state index in [1.165, 1.54) is 16.0 Å². The van der Waals surface area contributed by atoms with Crippen molar-refractivity contribution < 1.29 is 5.11 Å². The monoisotopic (exact) mass is 381 g/mol. The quantitative estimate of drug-likeness (QED) is 0.479. The van der Waals surface area contributed by atoms with Crippen LogP contribution in [0.1, 0.15) is 35.2 Å². The predicted molar refractivity (Wildman–Crippen MR) is 110 cm³/mol. The molecule has 3 aromatic heterocycles. The van der Waals surface area contributed by atoms with Crippen molar-refractivity contribution in [1.29, 1.82) is 0 Å². The second-order valence-corrected chi connectivity index (χ2v) is 7.74. The molecule has 3 heterocycles. The van der Waals surface area contributed by atoms with Gasteiger partial charge in [0, 0.05) is 24.4 Å². The second kappa shape index (κ2) is 7.62. The lowest BCUT2D eigenvalue weighted by molar-refractivity contribution is 0.292. The summed E-state index contributed by atoms with van der Waals surface area (Å²) in [6, 6.07) is 10.3. The fourth-order valence-corrected chi connectivity index (χ4v) is 4.46. The minimum Gasteiger partial charge on any atom is -0.396 e. The van der Waals surface area contributed by atoms with Crippen LogP contribution >= 0.6 is 11.3 Å². The Labute approximate surface area is 161 Å². The van der Waals surface area contributed by atoms with Crippen molar-refractivity contribution >= 4 is 33.1 Å². The summed E-state index contributed by atoms with van der Waals surface area (Å²) in [6.07, 6.45) is 2.29. The number of aliphatic hydroxyl groups is 1. The Kier molecular flexibility index (Phi) is 5.05. The van der Waals surface area contributed by atoms with E-state index in [0.717, 1.165) is 28.1 Å². The van der Waals surface area contributed by atoms with Gasteiger partial charge in [0.05, 0.1) is 5.39 Å². The van der Waals surface area contributed by atoms with Gasteiger partial charge in [-0.2, -0.15) is 4.52 Å². The number of benzene rings is 1. The number of thiophene rings is 1. The Morgan fingerprint density at radius 2 is 2.00 bits per heavy atom. The van der Waals surface area contributed by atoms with Crippen LogP contribution in [0.4, 0.5) is 5.95 Å². The average Bonchev–Trinajstić information content (AvgIpc) is 3.22. The molecule has 0 spiro atoms. The fourth-order valence-electron chi connectivity index (χ4n) is 3.35. The lowest BCUT2D eigenvalue weighted by atomic mass is 10.1. The zero-order valence-electron chi connectivity index (χ0n) is 15.6. The minimum atomic E-state index is 0.146. The first-order chi connectivity index (χ1) is 13.2. The highest BCUT2D eigenvalue weighted by molar-refractivity contribution is 7.18. The third kappa shape index (κ3) is 3.40. The van der Waals surface area contributed by atoms with Crippen LogP contribution in [0.25, 0.3) is 15.9 Å². The first-order valence-electron chi connectivity index (χ1n) is 9.27. The largest absolute Gasteiger partial charge is 0.396 e. The Morgan fingerprint density at radius 1 is 1.19 bits per heavy atom. The number of anilines is 1. The van der Waals surface area contributed by atoms with Gasteiger partial charge in [-0.1, -0.05) is 37.3 Å². The summed E-state index contributed by atoms with van der Waals surface area (Å²) in [5.74, 6) is 1.47.